The molecule has 0 fully saturated rings. The molecule has 0 saturated carbocycles. The van der Waals surface area contributed by atoms with Crippen LogP contribution < -0.4 is 4.74 Å². The van der Waals surface area contributed by atoms with Crippen molar-refractivity contribution in [2.45, 2.75) is 0 Å². The van der Waals surface area contributed by atoms with E-state index in [1.54, 1.807) is 32.2 Å². The maximum Gasteiger partial charge on any atom is 0.246 e. The highest BCUT2D eigenvalue weighted by Crippen LogP contribution is 2.22. The van der Waals surface area contributed by atoms with E-state index in [0.29, 0.717) is 0 Å². The average molecular weight is 255 g/mol. The van der Waals surface area contributed by atoms with Gasteiger partial charge in [-0.15, -0.1) is 0 Å². The summed E-state index contributed by atoms with van der Waals surface area (Å²) in [6.07, 6.45) is 3.40. The van der Waals surface area contributed by atoms with Gasteiger partial charge in [0.05, 0.1) is 7.11 Å². The molecule has 19 heavy (non-hydrogen) atoms. The molecule has 2 aromatic rings. The molecule has 2 rings (SSSR count). The second-order valence-corrected chi connectivity index (χ2v) is 4.54. The Balaban J connectivity index is 2.29. The minimum Gasteiger partial charge on any atom is -0.497 e. The first-order valence-electron chi connectivity index (χ1n) is 6.07. The van der Waals surface area contributed by atoms with Crippen molar-refractivity contribution in [1.29, 1.82) is 0 Å². The number of methoxy groups -OCH3 is 1. The van der Waals surface area contributed by atoms with Crippen LogP contribution in [0.3, 0.4) is 0 Å². The van der Waals surface area contributed by atoms with Gasteiger partial charge in [0.15, 0.2) is 0 Å². The largest absolute Gasteiger partial charge is 0.497 e. The van der Waals surface area contributed by atoms with Crippen molar-refractivity contribution in [3.05, 3.63) is 48.0 Å². The molecule has 0 unspecified atom stereocenters. The monoisotopic (exact) mass is 255 g/mol. The Morgan fingerprint density at radius 3 is 2.47 bits per heavy atom. The molecule has 0 saturated heterocycles. The van der Waals surface area contributed by atoms with E-state index in [0.717, 1.165) is 22.1 Å². The number of benzene rings is 2. The topological polar surface area (TPSA) is 29.5 Å². The zero-order valence-corrected chi connectivity index (χ0v) is 11.4. The van der Waals surface area contributed by atoms with E-state index >= 15 is 0 Å². The molecule has 0 radical (unpaired) electrons. The Morgan fingerprint density at radius 1 is 1.11 bits per heavy atom. The van der Waals surface area contributed by atoms with Gasteiger partial charge in [0, 0.05) is 20.2 Å². The van der Waals surface area contributed by atoms with E-state index in [1.165, 1.54) is 0 Å². The fourth-order valence-corrected chi connectivity index (χ4v) is 1.79. The molecule has 0 aliphatic carbocycles. The molecular formula is C16H17NO2. The lowest BCUT2D eigenvalue weighted by molar-refractivity contribution is -0.123. The molecule has 98 valence electrons. The number of amides is 1. The van der Waals surface area contributed by atoms with Gasteiger partial charge in [0.2, 0.25) is 5.91 Å². The molecular weight excluding hydrogens is 238 g/mol. The Bertz CT molecular complexity index is 630. The predicted molar refractivity (Wildman–Crippen MR) is 78.2 cm³/mol. The number of rotatable bonds is 3. The van der Waals surface area contributed by atoms with Gasteiger partial charge >= 0.3 is 0 Å². The van der Waals surface area contributed by atoms with Gasteiger partial charge in [0.1, 0.15) is 5.75 Å². The quantitative estimate of drug-likeness (QED) is 0.789. The maximum atomic E-state index is 11.5. The van der Waals surface area contributed by atoms with Gasteiger partial charge in [-0.25, -0.2) is 0 Å². The summed E-state index contributed by atoms with van der Waals surface area (Å²) < 4.78 is 5.19. The predicted octanol–water partition coefficient (Wildman–Crippen LogP) is 2.95. The van der Waals surface area contributed by atoms with Gasteiger partial charge in [-0.05, 0) is 40.6 Å². The zero-order valence-electron chi connectivity index (χ0n) is 11.4. The number of likely N-dealkylation sites (N-methyl/N-ethyl adjacent to an activating group) is 1. The lowest BCUT2D eigenvalue weighted by Crippen LogP contribution is -2.18. The molecule has 0 aliphatic rings. The number of hydrogen-bond acceptors (Lipinski definition) is 2. The molecule has 0 spiro atoms. The molecule has 2 aromatic carbocycles. The Kier molecular flexibility index (Phi) is 3.85. The first-order chi connectivity index (χ1) is 9.10. The Labute approximate surface area is 113 Å². The number of ether oxygens (including phenoxy) is 1. The fraction of sp³-hybridized carbons (Fsp3) is 0.188. The van der Waals surface area contributed by atoms with Gasteiger partial charge < -0.3 is 9.64 Å². The fourth-order valence-electron chi connectivity index (χ4n) is 1.79. The van der Waals surface area contributed by atoms with Crippen LogP contribution in [0.4, 0.5) is 0 Å². The van der Waals surface area contributed by atoms with Gasteiger partial charge in [-0.3, -0.25) is 4.79 Å². The van der Waals surface area contributed by atoms with Crippen LogP contribution in [0.15, 0.2) is 42.5 Å². The van der Waals surface area contributed by atoms with Crippen LogP contribution in [-0.2, 0) is 4.79 Å². The molecule has 0 aliphatic heterocycles. The molecule has 0 bridgehead atoms. The van der Waals surface area contributed by atoms with Crippen LogP contribution >= 0.6 is 0 Å². The van der Waals surface area contributed by atoms with Crippen LogP contribution in [-0.4, -0.2) is 32.0 Å². The second-order valence-electron chi connectivity index (χ2n) is 4.54. The van der Waals surface area contributed by atoms with E-state index in [4.69, 9.17) is 4.74 Å². The third kappa shape index (κ3) is 3.13. The SMILES string of the molecule is COc1ccc2cc(C=CC(=O)N(C)C)ccc2c1. The summed E-state index contributed by atoms with van der Waals surface area (Å²) in [7, 11) is 5.13. The summed E-state index contributed by atoms with van der Waals surface area (Å²) in [5.41, 5.74) is 1.01. The number of fused-ring (bicyclic) bond motifs is 1. The van der Waals surface area contributed by atoms with E-state index in [2.05, 4.69) is 0 Å². The van der Waals surface area contributed by atoms with E-state index in [9.17, 15) is 4.79 Å². The first kappa shape index (κ1) is 13.1. The Hall–Kier alpha value is -2.29. The summed E-state index contributed by atoms with van der Waals surface area (Å²) >= 11 is 0. The van der Waals surface area contributed by atoms with E-state index in [-0.39, 0.29) is 5.91 Å². The molecule has 1 amide bonds. The first-order valence-corrected chi connectivity index (χ1v) is 6.07. The average Bonchev–Trinajstić information content (AvgIpc) is 2.43. The van der Waals surface area contributed by atoms with Crippen LogP contribution in [0.5, 0.6) is 5.75 Å². The van der Waals surface area contributed by atoms with Crippen LogP contribution in [0.2, 0.25) is 0 Å². The Morgan fingerprint density at radius 2 is 1.79 bits per heavy atom. The van der Waals surface area contributed by atoms with E-state index < -0.39 is 0 Å². The maximum absolute atomic E-state index is 11.5. The third-order valence-electron chi connectivity index (χ3n) is 2.93. The molecule has 0 heterocycles. The number of carbonyl (C=O) groups excluding carboxylic acids is 1. The highest BCUT2D eigenvalue weighted by atomic mass is 16.5. The zero-order chi connectivity index (χ0) is 13.8. The van der Waals surface area contributed by atoms with Crippen molar-refractivity contribution in [2.75, 3.05) is 21.2 Å². The molecule has 0 atom stereocenters. The highest BCUT2D eigenvalue weighted by Gasteiger charge is 1.99. The minimum absolute atomic E-state index is 0.0187. The normalized spacial score (nSPS) is 10.9. The summed E-state index contributed by atoms with van der Waals surface area (Å²) in [4.78, 5) is 13.0. The number of carbonyl (C=O) groups is 1. The number of nitrogens with zero attached hydrogens (tertiary/aromatic N) is 1. The van der Waals surface area contributed by atoms with Crippen LogP contribution in [0, 0.1) is 0 Å². The van der Waals surface area contributed by atoms with Crippen molar-refractivity contribution in [3.63, 3.8) is 0 Å². The third-order valence-corrected chi connectivity index (χ3v) is 2.93. The second kappa shape index (κ2) is 5.57. The van der Waals surface area contributed by atoms with E-state index in [1.807, 2.05) is 42.5 Å². The standard InChI is InChI=1S/C16H17NO2/c1-17(2)16(18)9-5-12-4-6-14-11-15(19-3)8-7-13(14)10-12/h4-11H,1-3H3. The van der Waals surface area contributed by atoms with Crippen LogP contribution in [0.1, 0.15) is 5.56 Å². The van der Waals surface area contributed by atoms with Gasteiger partial charge in [0.25, 0.3) is 0 Å². The summed E-state index contributed by atoms with van der Waals surface area (Å²) in [5, 5.41) is 2.25. The molecule has 3 nitrogen and oxygen atoms in total. The van der Waals surface area contributed by atoms with Gasteiger partial charge in [-0.2, -0.15) is 0 Å². The van der Waals surface area contributed by atoms with Crippen molar-refractivity contribution >= 4 is 22.8 Å². The molecule has 3 heteroatoms. The van der Waals surface area contributed by atoms with Gasteiger partial charge in [-0.1, -0.05) is 18.2 Å². The van der Waals surface area contributed by atoms with Crippen molar-refractivity contribution in [1.82, 2.24) is 4.90 Å². The lowest BCUT2D eigenvalue weighted by atomic mass is 10.1. The van der Waals surface area contributed by atoms with Crippen LogP contribution in [0.25, 0.3) is 16.8 Å². The smallest absolute Gasteiger partial charge is 0.246 e. The lowest BCUT2D eigenvalue weighted by Gasteiger charge is -2.06. The molecule has 0 N–H and O–H groups in total. The highest BCUT2D eigenvalue weighted by molar-refractivity contribution is 5.92. The molecule has 0 aromatic heterocycles. The summed E-state index contributed by atoms with van der Waals surface area (Å²) in [5.74, 6) is 0.827. The summed E-state index contributed by atoms with van der Waals surface area (Å²) in [6.45, 7) is 0. The number of hydrogen-bond donors (Lipinski definition) is 0. The van der Waals surface area contributed by atoms with Crippen molar-refractivity contribution in [3.8, 4) is 5.75 Å². The minimum atomic E-state index is -0.0187. The van der Waals surface area contributed by atoms with Crippen molar-refractivity contribution < 1.29 is 9.53 Å². The van der Waals surface area contributed by atoms with Crippen molar-refractivity contribution in [2.24, 2.45) is 0 Å². The summed E-state index contributed by atoms with van der Waals surface area (Å²) in [6, 6.07) is 12.0.